The summed E-state index contributed by atoms with van der Waals surface area (Å²) in [5.74, 6) is 0. The van der Waals surface area contributed by atoms with Crippen LogP contribution in [0.3, 0.4) is 0 Å². The van der Waals surface area contributed by atoms with Crippen LogP contribution in [0.5, 0.6) is 0 Å². The molecule has 0 N–H and O–H groups in total. The molecule has 0 spiro atoms. The van der Waals surface area contributed by atoms with Crippen molar-refractivity contribution >= 4 is 48.1 Å². The van der Waals surface area contributed by atoms with Gasteiger partial charge in [0.15, 0.2) is 0 Å². The quantitative estimate of drug-likeness (QED) is 0.0498. The number of benzene rings is 2. The third-order valence-electron chi connectivity index (χ3n) is 6.55. The number of hydrogen-bond acceptors (Lipinski definition) is 0. The molecule has 4 aromatic carbocycles. The van der Waals surface area contributed by atoms with Crippen LogP contribution < -0.4 is 0 Å². The van der Waals surface area contributed by atoms with E-state index in [0.29, 0.717) is 10.8 Å². The summed E-state index contributed by atoms with van der Waals surface area (Å²) in [6.45, 7) is 11.6. The average Bonchev–Trinajstić information content (AvgIpc) is 3.61. The van der Waals surface area contributed by atoms with Gasteiger partial charge < -0.3 is 0 Å². The van der Waals surface area contributed by atoms with Gasteiger partial charge in [-0.05, 0) is 62.5 Å². The molecule has 0 atom stereocenters. The Labute approximate surface area is 278 Å². The molecule has 2 radical (unpaired) electrons. The molecule has 0 fully saturated rings. The monoisotopic (exact) mass is 748 g/mol. The third-order valence-corrected chi connectivity index (χ3v) is 6.55. The topological polar surface area (TPSA) is 0 Å². The van der Waals surface area contributed by atoms with E-state index in [2.05, 4.69) is 26.3 Å². The van der Waals surface area contributed by atoms with Crippen LogP contribution in [0.2, 0.25) is 13.1 Å². The van der Waals surface area contributed by atoms with Crippen molar-refractivity contribution in [2.45, 2.75) is 76.8 Å². The van der Waals surface area contributed by atoms with Gasteiger partial charge >= 0.3 is 50.2 Å². The Morgan fingerprint density at radius 3 is 1.34 bits per heavy atom. The van der Waals surface area contributed by atoms with E-state index in [4.69, 9.17) is 17.0 Å². The summed E-state index contributed by atoms with van der Waals surface area (Å²) in [6, 6.07) is 15.9. The van der Waals surface area contributed by atoms with E-state index >= 15 is 0 Å². The molecule has 0 bridgehead atoms. The van der Waals surface area contributed by atoms with Crippen molar-refractivity contribution in [1.82, 2.24) is 0 Å². The summed E-state index contributed by atoms with van der Waals surface area (Å²) in [7, 11) is 11.0. The van der Waals surface area contributed by atoms with Crippen LogP contribution in [0.1, 0.15) is 60.8 Å². The van der Waals surface area contributed by atoms with Crippen LogP contribution in [0, 0.1) is 0 Å². The van der Waals surface area contributed by atoms with E-state index < -0.39 is 44.3 Å². The molecule has 0 nitrogen and oxygen atoms in total. The number of unbranched alkanes of at least 4 members (excludes halogenated alkanes) is 4. The number of halogens is 8. The van der Waals surface area contributed by atoms with Gasteiger partial charge in [0, 0.05) is 9.52 Å². The molecule has 0 aliphatic carbocycles. The summed E-state index contributed by atoms with van der Waals surface area (Å²) in [6.07, 6.45) is 2.71. The maximum absolute atomic E-state index is 12.7. The number of allylic oxidation sites excluding steroid dienone is 2. The second-order valence-corrected chi connectivity index (χ2v) is 14.7. The van der Waals surface area contributed by atoms with Crippen molar-refractivity contribution in [3.05, 3.63) is 108 Å². The van der Waals surface area contributed by atoms with Crippen LogP contribution in [0.4, 0.5) is 26.3 Å². The van der Waals surface area contributed by atoms with E-state index in [-0.39, 0.29) is 0 Å². The molecule has 0 saturated carbocycles. The molecule has 0 unspecified atom stereocenters. The van der Waals surface area contributed by atoms with Crippen LogP contribution in [-0.2, 0) is 46.0 Å². The number of aryl methyl sites for hydroxylation is 2. The van der Waals surface area contributed by atoms with Crippen molar-refractivity contribution < 1.29 is 47.2 Å². The zero-order valence-corrected chi connectivity index (χ0v) is 30.0. The molecule has 0 aliphatic heterocycles. The first-order chi connectivity index (χ1) is 20.9. The Morgan fingerprint density at radius 1 is 0.705 bits per heavy atom. The Hall–Kier alpha value is -1.60. The van der Waals surface area contributed by atoms with Crippen molar-refractivity contribution in [3.8, 4) is 0 Å². The molecule has 0 amide bonds. The molecular formula is C34H38Cl2F6SiZr. The molecule has 0 aromatic heterocycles. The summed E-state index contributed by atoms with van der Waals surface area (Å²) in [5, 5.41) is 2.81. The molecule has 0 heterocycles. The Kier molecular flexibility index (Phi) is 19.5. The molecule has 0 aliphatic rings. The molecular weight excluding hydrogens is 713 g/mol. The number of hydrogen-bond donors (Lipinski definition) is 0. The van der Waals surface area contributed by atoms with Crippen LogP contribution in [0.25, 0.3) is 21.5 Å². The standard InChI is InChI=1S/2C16H16F3.C2H6Si.2ClH.Zr/c2*1-2-3-4-5-7-12-8-6-9-13-10-14(11-15(12)13)16(17,18)19;1-3-2;;;/h2*2,6,8-11H,1,3-5,7H2;1-2H3;2*1H;/q2*-1;;;;+4/p-2. The summed E-state index contributed by atoms with van der Waals surface area (Å²) in [4.78, 5) is 0. The van der Waals surface area contributed by atoms with E-state index in [1.54, 1.807) is 12.1 Å². The number of alkyl halides is 6. The predicted molar refractivity (Wildman–Crippen MR) is 174 cm³/mol. The average molecular weight is 751 g/mol. The number of rotatable bonds is 10. The van der Waals surface area contributed by atoms with Gasteiger partial charge in [-0.25, -0.2) is 0 Å². The van der Waals surface area contributed by atoms with Crippen LogP contribution >= 0.6 is 17.0 Å². The van der Waals surface area contributed by atoms with Gasteiger partial charge in [-0.3, -0.25) is 0 Å². The Balaban J connectivity index is 0.000000373. The molecule has 238 valence electrons. The minimum absolute atomic E-state index is 0.555. The fraction of sp³-hybridized carbons (Fsp3) is 0.353. The van der Waals surface area contributed by atoms with E-state index in [1.165, 1.54) is 24.3 Å². The van der Waals surface area contributed by atoms with Crippen molar-refractivity contribution in [3.63, 3.8) is 0 Å². The third kappa shape index (κ3) is 14.2. The van der Waals surface area contributed by atoms with Gasteiger partial charge in [0.25, 0.3) is 0 Å². The second kappa shape index (κ2) is 21.2. The van der Waals surface area contributed by atoms with E-state index in [1.807, 2.05) is 36.4 Å². The van der Waals surface area contributed by atoms with Crippen molar-refractivity contribution in [2.24, 2.45) is 0 Å². The zero-order valence-electron chi connectivity index (χ0n) is 25.0. The van der Waals surface area contributed by atoms with Gasteiger partial charge in [-0.15, -0.1) is 71.1 Å². The SMILES string of the molecule is C=CCCCCc1cccc2[cH-]c(C(F)(F)F)cc12.C=CCCCCc1cccc2[cH-]c(C(F)(F)F)cc12.C[Si]C.[Cl][Zr+2][Cl]. The predicted octanol–water partition coefficient (Wildman–Crippen LogP) is 13.1. The fourth-order valence-electron chi connectivity index (χ4n) is 4.57. The first kappa shape index (κ1) is 40.4. The minimum atomic E-state index is -4.26. The zero-order chi connectivity index (χ0) is 33.2. The maximum atomic E-state index is 12.7. The van der Waals surface area contributed by atoms with Crippen molar-refractivity contribution in [1.29, 1.82) is 0 Å². The summed E-state index contributed by atoms with van der Waals surface area (Å²) >= 11 is -0.826. The Morgan fingerprint density at radius 2 is 1.05 bits per heavy atom. The molecule has 4 aromatic rings. The number of fused-ring (bicyclic) bond motifs is 2. The summed E-state index contributed by atoms with van der Waals surface area (Å²) in [5.41, 5.74) is 0.885. The Bertz CT molecular complexity index is 1280. The first-order valence-electron chi connectivity index (χ1n) is 14.1. The molecule has 0 saturated heterocycles. The van der Waals surface area contributed by atoms with Crippen LogP contribution in [-0.4, -0.2) is 9.52 Å². The van der Waals surface area contributed by atoms with Gasteiger partial charge in [-0.1, -0.05) is 48.5 Å². The van der Waals surface area contributed by atoms with E-state index in [9.17, 15) is 26.3 Å². The van der Waals surface area contributed by atoms with Crippen molar-refractivity contribution in [2.75, 3.05) is 0 Å². The van der Waals surface area contributed by atoms with Gasteiger partial charge in [-0.2, -0.15) is 38.5 Å². The van der Waals surface area contributed by atoms with Gasteiger partial charge in [0.2, 0.25) is 0 Å². The summed E-state index contributed by atoms with van der Waals surface area (Å²) < 4.78 is 76.2. The van der Waals surface area contributed by atoms with Gasteiger partial charge in [0.1, 0.15) is 0 Å². The normalized spacial score (nSPS) is 11.0. The van der Waals surface area contributed by atoms with E-state index in [0.717, 1.165) is 82.8 Å². The molecule has 44 heavy (non-hydrogen) atoms. The second-order valence-electron chi connectivity index (χ2n) is 9.96. The molecule has 10 heteroatoms. The first-order valence-corrected chi connectivity index (χ1v) is 22.5. The fourth-order valence-corrected chi connectivity index (χ4v) is 4.57. The molecule has 4 rings (SSSR count). The van der Waals surface area contributed by atoms with Crippen LogP contribution in [0.15, 0.2) is 86.0 Å². The van der Waals surface area contributed by atoms with Gasteiger partial charge in [0.05, 0.1) is 0 Å².